The van der Waals surface area contributed by atoms with Gasteiger partial charge in [-0.05, 0) is 32.0 Å². The molecule has 1 aromatic rings. The zero-order valence-corrected chi connectivity index (χ0v) is 21.5. The van der Waals surface area contributed by atoms with Crippen LogP contribution in [0.2, 0.25) is 0 Å². The Balaban J connectivity index is 0.00000841. The van der Waals surface area contributed by atoms with Crippen molar-refractivity contribution >= 4 is 35.8 Å². The Hall–Kier alpha value is -1.39. The third kappa shape index (κ3) is 11.1. The van der Waals surface area contributed by atoms with Crippen molar-refractivity contribution in [2.75, 3.05) is 60.0 Å². The standard InChI is InChI=1S/C22H39N5O2.HI/c1-6-27(7-2)20(19-13-10-9-11-14-19)17-24-22(23-15-12-16-29-8-3)25-18-21(28)26(4)5;/h9-11,13-14,20H,6-8,12,15-18H2,1-5H3,(H2,23,24,25);1H. The Bertz CT molecular complexity index is 594. The molecule has 8 heteroatoms. The van der Waals surface area contributed by atoms with Gasteiger partial charge < -0.3 is 20.3 Å². The van der Waals surface area contributed by atoms with Crippen molar-refractivity contribution < 1.29 is 9.53 Å². The molecule has 172 valence electrons. The summed E-state index contributed by atoms with van der Waals surface area (Å²) < 4.78 is 5.39. The van der Waals surface area contributed by atoms with Gasteiger partial charge in [0.1, 0.15) is 6.54 Å². The SMILES string of the molecule is CCOCCCNC(=NCC(=O)N(C)C)NCC(c1ccccc1)N(CC)CC.I. The van der Waals surface area contributed by atoms with E-state index in [9.17, 15) is 4.79 Å². The van der Waals surface area contributed by atoms with Crippen molar-refractivity contribution in [3.63, 3.8) is 0 Å². The monoisotopic (exact) mass is 533 g/mol. The smallest absolute Gasteiger partial charge is 0.243 e. The van der Waals surface area contributed by atoms with Crippen LogP contribution in [0, 0.1) is 0 Å². The van der Waals surface area contributed by atoms with Gasteiger partial charge in [-0.25, -0.2) is 4.99 Å². The van der Waals surface area contributed by atoms with E-state index in [-0.39, 0.29) is 42.5 Å². The zero-order chi connectivity index (χ0) is 21.5. The fraction of sp³-hybridized carbons (Fsp3) is 0.636. The highest BCUT2D eigenvalue weighted by atomic mass is 127. The van der Waals surface area contributed by atoms with Gasteiger partial charge in [0.05, 0.1) is 6.04 Å². The average Bonchev–Trinajstić information content (AvgIpc) is 2.74. The summed E-state index contributed by atoms with van der Waals surface area (Å²) in [5, 5.41) is 6.76. The molecule has 1 unspecified atom stereocenters. The molecule has 0 fully saturated rings. The number of rotatable bonds is 13. The highest BCUT2D eigenvalue weighted by Gasteiger charge is 2.18. The molecule has 0 saturated carbocycles. The summed E-state index contributed by atoms with van der Waals surface area (Å²) in [6, 6.07) is 10.7. The first-order chi connectivity index (χ1) is 14.0. The lowest BCUT2D eigenvalue weighted by molar-refractivity contribution is -0.127. The minimum atomic E-state index is -0.0243. The summed E-state index contributed by atoms with van der Waals surface area (Å²) in [6.07, 6.45) is 0.883. The Morgan fingerprint density at radius 3 is 2.33 bits per heavy atom. The Morgan fingerprint density at radius 1 is 1.10 bits per heavy atom. The van der Waals surface area contributed by atoms with Crippen LogP contribution in [0.5, 0.6) is 0 Å². The Morgan fingerprint density at radius 2 is 1.77 bits per heavy atom. The minimum absolute atomic E-state index is 0. The van der Waals surface area contributed by atoms with Gasteiger partial charge in [-0.15, -0.1) is 24.0 Å². The van der Waals surface area contributed by atoms with E-state index in [1.165, 1.54) is 5.56 Å². The van der Waals surface area contributed by atoms with E-state index >= 15 is 0 Å². The van der Waals surface area contributed by atoms with Gasteiger partial charge in [0.25, 0.3) is 0 Å². The predicted molar refractivity (Wildman–Crippen MR) is 136 cm³/mol. The quantitative estimate of drug-likeness (QED) is 0.177. The minimum Gasteiger partial charge on any atom is -0.382 e. The van der Waals surface area contributed by atoms with Crippen molar-refractivity contribution in [3.05, 3.63) is 35.9 Å². The number of ether oxygens (including phenoxy) is 1. The van der Waals surface area contributed by atoms with Crippen molar-refractivity contribution in [3.8, 4) is 0 Å². The van der Waals surface area contributed by atoms with Gasteiger partial charge in [-0.2, -0.15) is 0 Å². The van der Waals surface area contributed by atoms with Gasteiger partial charge in [-0.3, -0.25) is 9.69 Å². The van der Waals surface area contributed by atoms with Crippen LogP contribution < -0.4 is 10.6 Å². The van der Waals surface area contributed by atoms with Crippen LogP contribution in [0.3, 0.4) is 0 Å². The molecule has 30 heavy (non-hydrogen) atoms. The third-order valence-corrected chi connectivity index (χ3v) is 4.73. The topological polar surface area (TPSA) is 69.2 Å². The number of hydrogen-bond donors (Lipinski definition) is 2. The molecule has 1 amide bonds. The van der Waals surface area contributed by atoms with E-state index in [0.717, 1.165) is 32.7 Å². The molecular formula is C22H40IN5O2. The van der Waals surface area contributed by atoms with E-state index < -0.39 is 0 Å². The second kappa shape index (κ2) is 17.3. The molecule has 2 N–H and O–H groups in total. The van der Waals surface area contributed by atoms with Gasteiger partial charge in [0, 0.05) is 40.4 Å². The van der Waals surface area contributed by atoms with Gasteiger partial charge >= 0.3 is 0 Å². The largest absolute Gasteiger partial charge is 0.382 e. The van der Waals surface area contributed by atoms with Crippen LogP contribution in [0.15, 0.2) is 35.3 Å². The fourth-order valence-corrected chi connectivity index (χ4v) is 2.98. The highest BCUT2D eigenvalue weighted by molar-refractivity contribution is 14.0. The molecule has 0 aliphatic heterocycles. The molecule has 7 nitrogen and oxygen atoms in total. The second-order valence-corrected chi connectivity index (χ2v) is 6.96. The van der Waals surface area contributed by atoms with Crippen LogP contribution in [0.1, 0.15) is 38.8 Å². The maximum atomic E-state index is 12.0. The van der Waals surface area contributed by atoms with Crippen molar-refractivity contribution in [1.82, 2.24) is 20.4 Å². The predicted octanol–water partition coefficient (Wildman–Crippen LogP) is 2.74. The first-order valence-electron chi connectivity index (χ1n) is 10.6. The molecule has 0 aromatic heterocycles. The molecule has 1 atom stereocenters. The maximum Gasteiger partial charge on any atom is 0.243 e. The van der Waals surface area contributed by atoms with Crippen LogP contribution >= 0.6 is 24.0 Å². The van der Waals surface area contributed by atoms with E-state index in [1.54, 1.807) is 19.0 Å². The van der Waals surface area contributed by atoms with E-state index in [1.807, 2.05) is 13.0 Å². The van der Waals surface area contributed by atoms with Crippen LogP contribution in [-0.4, -0.2) is 81.7 Å². The average molecular weight is 533 g/mol. The second-order valence-electron chi connectivity index (χ2n) is 6.96. The maximum absolute atomic E-state index is 12.0. The van der Waals surface area contributed by atoms with Gasteiger partial charge in [0.2, 0.25) is 5.91 Å². The molecule has 0 radical (unpaired) electrons. The number of aliphatic imine (C=N–C) groups is 1. The summed E-state index contributed by atoms with van der Waals surface area (Å²) in [4.78, 5) is 20.4. The summed E-state index contributed by atoms with van der Waals surface area (Å²) in [7, 11) is 3.48. The summed E-state index contributed by atoms with van der Waals surface area (Å²) in [6.45, 7) is 11.3. The molecule has 0 bridgehead atoms. The molecule has 1 aromatic carbocycles. The summed E-state index contributed by atoms with van der Waals surface area (Å²) >= 11 is 0. The Kier molecular flexibility index (Phi) is 16.5. The number of benzene rings is 1. The van der Waals surface area contributed by atoms with E-state index in [2.05, 4.69) is 58.6 Å². The molecule has 1 rings (SSSR count). The van der Waals surface area contributed by atoms with Crippen LogP contribution in [0.4, 0.5) is 0 Å². The van der Waals surface area contributed by atoms with Gasteiger partial charge in [-0.1, -0.05) is 44.2 Å². The number of likely N-dealkylation sites (N-methyl/N-ethyl adjacent to an activating group) is 2. The van der Waals surface area contributed by atoms with E-state index in [0.29, 0.717) is 19.1 Å². The number of nitrogens with one attached hydrogen (secondary N) is 2. The fourth-order valence-electron chi connectivity index (χ4n) is 2.98. The van der Waals surface area contributed by atoms with Crippen molar-refractivity contribution in [1.29, 1.82) is 0 Å². The zero-order valence-electron chi connectivity index (χ0n) is 19.2. The number of amides is 1. The number of carbonyl (C=O) groups excluding carboxylic acids is 1. The van der Waals surface area contributed by atoms with Crippen LogP contribution in [-0.2, 0) is 9.53 Å². The van der Waals surface area contributed by atoms with Crippen LogP contribution in [0.25, 0.3) is 0 Å². The molecule has 0 saturated heterocycles. The number of carbonyl (C=O) groups is 1. The lowest BCUT2D eigenvalue weighted by Gasteiger charge is -2.31. The lowest BCUT2D eigenvalue weighted by Crippen LogP contribution is -2.44. The number of guanidine groups is 1. The molecule has 0 aliphatic rings. The Labute approximate surface area is 199 Å². The molecule has 0 spiro atoms. The number of hydrogen-bond acceptors (Lipinski definition) is 4. The summed E-state index contributed by atoms with van der Waals surface area (Å²) in [5.41, 5.74) is 1.27. The highest BCUT2D eigenvalue weighted by Crippen LogP contribution is 2.19. The third-order valence-electron chi connectivity index (χ3n) is 4.73. The first kappa shape index (κ1) is 28.6. The van der Waals surface area contributed by atoms with E-state index in [4.69, 9.17) is 4.74 Å². The lowest BCUT2D eigenvalue weighted by atomic mass is 10.1. The van der Waals surface area contributed by atoms with Gasteiger partial charge in [0.15, 0.2) is 5.96 Å². The molecule has 0 aliphatic carbocycles. The summed E-state index contributed by atoms with van der Waals surface area (Å²) in [5.74, 6) is 0.633. The normalized spacial score (nSPS) is 12.3. The van der Waals surface area contributed by atoms with Crippen molar-refractivity contribution in [2.45, 2.75) is 33.2 Å². The molecular weight excluding hydrogens is 493 g/mol. The van der Waals surface area contributed by atoms with Crippen molar-refractivity contribution in [2.24, 2.45) is 4.99 Å². The molecule has 0 heterocycles. The number of nitrogens with zero attached hydrogens (tertiary/aromatic N) is 3. The number of halogens is 1. The first-order valence-corrected chi connectivity index (χ1v) is 10.6.